The second-order valence-corrected chi connectivity index (χ2v) is 4.96. The molecule has 0 spiro atoms. The minimum atomic E-state index is -0.272. The number of amides is 1. The van der Waals surface area contributed by atoms with E-state index in [1.165, 1.54) is 6.07 Å². The summed E-state index contributed by atoms with van der Waals surface area (Å²) in [5.41, 5.74) is 0.299. The Hall–Kier alpha value is -1.57. The molecule has 0 saturated carbocycles. The number of nitrogens with one attached hydrogen (secondary N) is 1. The molecule has 0 saturated heterocycles. The molecule has 18 heavy (non-hydrogen) atoms. The van der Waals surface area contributed by atoms with Gasteiger partial charge in [0.05, 0.1) is 11.9 Å². The molecule has 0 fully saturated rings. The molecule has 1 amide bonds. The number of phenolic OH excluding ortho intramolecular Hbond substituents is 1. The predicted molar refractivity (Wildman–Crippen MR) is 75.4 cm³/mol. The Labute approximate surface area is 118 Å². The number of rotatable bonds is 4. The number of phenols is 1. The van der Waals surface area contributed by atoms with E-state index in [1.54, 1.807) is 24.7 Å². The van der Waals surface area contributed by atoms with Crippen LogP contribution in [0.15, 0.2) is 36.9 Å². The number of carbonyl (C=O) groups excluding carboxylic acids is 1. The Morgan fingerprint density at radius 3 is 3.06 bits per heavy atom. The highest BCUT2D eigenvalue weighted by Crippen LogP contribution is 2.19. The number of nitrogens with zero attached hydrogens (tertiary/aromatic N) is 2. The van der Waals surface area contributed by atoms with Crippen LogP contribution in [0.1, 0.15) is 10.4 Å². The van der Waals surface area contributed by atoms with E-state index in [9.17, 15) is 9.90 Å². The van der Waals surface area contributed by atoms with Crippen molar-refractivity contribution < 1.29 is 9.90 Å². The maximum absolute atomic E-state index is 11.8. The van der Waals surface area contributed by atoms with Crippen LogP contribution in [0, 0.1) is 3.57 Å². The van der Waals surface area contributed by atoms with Crippen molar-refractivity contribution in [3.63, 3.8) is 0 Å². The SMILES string of the molecule is O=C(NCCn1ccnc1)c1cc(I)ccc1O. The van der Waals surface area contributed by atoms with Gasteiger partial charge in [0.15, 0.2) is 0 Å². The number of aromatic hydroxyl groups is 1. The Bertz CT molecular complexity index is 540. The summed E-state index contributed by atoms with van der Waals surface area (Å²) in [6.07, 6.45) is 5.21. The number of imidazole rings is 1. The molecule has 0 aliphatic heterocycles. The van der Waals surface area contributed by atoms with Crippen LogP contribution in [-0.4, -0.2) is 27.1 Å². The minimum absolute atomic E-state index is 0.00412. The first kappa shape index (κ1) is 12.9. The van der Waals surface area contributed by atoms with E-state index < -0.39 is 0 Å². The quantitative estimate of drug-likeness (QED) is 0.818. The lowest BCUT2D eigenvalue weighted by molar-refractivity contribution is 0.0949. The molecule has 1 heterocycles. The molecular weight excluding hydrogens is 345 g/mol. The normalized spacial score (nSPS) is 10.3. The summed E-state index contributed by atoms with van der Waals surface area (Å²) in [6.45, 7) is 1.14. The molecule has 2 N–H and O–H groups in total. The lowest BCUT2D eigenvalue weighted by Crippen LogP contribution is -2.27. The number of halogens is 1. The van der Waals surface area contributed by atoms with Gasteiger partial charge in [-0.25, -0.2) is 4.98 Å². The maximum Gasteiger partial charge on any atom is 0.255 e. The van der Waals surface area contributed by atoms with Crippen LogP contribution in [0.3, 0.4) is 0 Å². The summed E-state index contributed by atoms with van der Waals surface area (Å²) in [4.78, 5) is 15.8. The summed E-state index contributed by atoms with van der Waals surface area (Å²) < 4.78 is 2.78. The van der Waals surface area contributed by atoms with E-state index in [2.05, 4.69) is 32.9 Å². The third-order valence-corrected chi connectivity index (χ3v) is 3.09. The molecule has 0 atom stereocenters. The zero-order valence-corrected chi connectivity index (χ0v) is 11.7. The van der Waals surface area contributed by atoms with E-state index in [1.807, 2.05) is 10.8 Å². The molecule has 0 radical (unpaired) electrons. The van der Waals surface area contributed by atoms with Gasteiger partial charge in [0.1, 0.15) is 5.75 Å². The summed E-state index contributed by atoms with van der Waals surface area (Å²) in [5, 5.41) is 12.4. The first-order valence-electron chi connectivity index (χ1n) is 5.39. The van der Waals surface area contributed by atoms with E-state index in [4.69, 9.17) is 0 Å². The van der Waals surface area contributed by atoms with Crippen molar-refractivity contribution in [3.05, 3.63) is 46.1 Å². The van der Waals surface area contributed by atoms with Crippen molar-refractivity contribution in [1.82, 2.24) is 14.9 Å². The predicted octanol–water partition coefficient (Wildman–Crippen LogP) is 1.62. The van der Waals surface area contributed by atoms with Crippen LogP contribution in [-0.2, 0) is 6.54 Å². The summed E-state index contributed by atoms with van der Waals surface area (Å²) >= 11 is 2.10. The summed E-state index contributed by atoms with van der Waals surface area (Å²) in [7, 11) is 0. The van der Waals surface area contributed by atoms with E-state index in [0.717, 1.165) is 3.57 Å². The van der Waals surface area contributed by atoms with E-state index >= 15 is 0 Å². The largest absolute Gasteiger partial charge is 0.507 e. The zero-order valence-electron chi connectivity index (χ0n) is 9.51. The average molecular weight is 357 g/mol. The molecule has 94 valence electrons. The second kappa shape index (κ2) is 5.85. The van der Waals surface area contributed by atoms with Crippen LogP contribution in [0.5, 0.6) is 5.75 Å². The highest BCUT2D eigenvalue weighted by molar-refractivity contribution is 14.1. The molecule has 5 nitrogen and oxygen atoms in total. The highest BCUT2D eigenvalue weighted by atomic mass is 127. The standard InChI is InChI=1S/C12H12IN3O2/c13-9-1-2-11(17)10(7-9)12(18)15-4-6-16-5-3-14-8-16/h1-3,5,7-8,17H,4,6H2,(H,15,18). The third kappa shape index (κ3) is 3.22. The number of aromatic nitrogens is 2. The number of carbonyl (C=O) groups is 1. The molecule has 1 aromatic heterocycles. The van der Waals surface area contributed by atoms with Crippen molar-refractivity contribution in [2.45, 2.75) is 6.54 Å². The maximum atomic E-state index is 11.8. The van der Waals surface area contributed by atoms with Crippen LogP contribution >= 0.6 is 22.6 Å². The second-order valence-electron chi connectivity index (χ2n) is 3.72. The van der Waals surface area contributed by atoms with Gasteiger partial charge in [-0.15, -0.1) is 0 Å². The molecule has 0 aliphatic rings. The Balaban J connectivity index is 1.93. The average Bonchev–Trinajstić information content (AvgIpc) is 2.85. The summed E-state index contributed by atoms with van der Waals surface area (Å²) in [5.74, 6) is -0.276. The van der Waals surface area contributed by atoms with Crippen molar-refractivity contribution in [2.75, 3.05) is 6.54 Å². The van der Waals surface area contributed by atoms with Crippen LogP contribution in [0.2, 0.25) is 0 Å². The fourth-order valence-corrected chi connectivity index (χ4v) is 1.99. The number of benzene rings is 1. The van der Waals surface area contributed by atoms with Gasteiger partial charge in [0.25, 0.3) is 5.91 Å². The van der Waals surface area contributed by atoms with Crippen molar-refractivity contribution in [1.29, 1.82) is 0 Å². The van der Waals surface area contributed by atoms with Gasteiger partial charge in [-0.05, 0) is 40.8 Å². The number of hydrogen-bond donors (Lipinski definition) is 2. The molecule has 0 bridgehead atoms. The Morgan fingerprint density at radius 1 is 1.50 bits per heavy atom. The minimum Gasteiger partial charge on any atom is -0.507 e. The van der Waals surface area contributed by atoms with Crippen molar-refractivity contribution in [2.24, 2.45) is 0 Å². The first-order valence-corrected chi connectivity index (χ1v) is 6.47. The van der Waals surface area contributed by atoms with E-state index in [0.29, 0.717) is 18.7 Å². The van der Waals surface area contributed by atoms with Crippen molar-refractivity contribution >= 4 is 28.5 Å². The topological polar surface area (TPSA) is 67.2 Å². The molecule has 2 rings (SSSR count). The Morgan fingerprint density at radius 2 is 2.33 bits per heavy atom. The zero-order chi connectivity index (χ0) is 13.0. The van der Waals surface area contributed by atoms with Crippen LogP contribution in [0.4, 0.5) is 0 Å². The van der Waals surface area contributed by atoms with Gasteiger partial charge in [-0.2, -0.15) is 0 Å². The van der Waals surface area contributed by atoms with E-state index in [-0.39, 0.29) is 11.7 Å². The first-order chi connectivity index (χ1) is 8.66. The highest BCUT2D eigenvalue weighted by Gasteiger charge is 2.10. The summed E-state index contributed by atoms with van der Waals surface area (Å²) in [6, 6.07) is 4.92. The molecular formula is C12H12IN3O2. The molecule has 6 heteroatoms. The molecule has 2 aromatic rings. The fraction of sp³-hybridized carbons (Fsp3) is 0.167. The van der Waals surface area contributed by atoms with Gasteiger partial charge < -0.3 is 15.0 Å². The lowest BCUT2D eigenvalue weighted by atomic mass is 10.2. The van der Waals surface area contributed by atoms with Crippen LogP contribution < -0.4 is 5.32 Å². The fourth-order valence-electron chi connectivity index (χ4n) is 1.50. The van der Waals surface area contributed by atoms with Gasteiger partial charge in [0.2, 0.25) is 0 Å². The molecule has 0 unspecified atom stereocenters. The third-order valence-electron chi connectivity index (χ3n) is 2.42. The van der Waals surface area contributed by atoms with Gasteiger partial charge in [0, 0.05) is 29.1 Å². The smallest absolute Gasteiger partial charge is 0.255 e. The van der Waals surface area contributed by atoms with Crippen LogP contribution in [0.25, 0.3) is 0 Å². The van der Waals surface area contributed by atoms with Gasteiger partial charge in [-0.1, -0.05) is 0 Å². The molecule has 1 aromatic carbocycles. The lowest BCUT2D eigenvalue weighted by Gasteiger charge is -2.07. The molecule has 0 aliphatic carbocycles. The van der Waals surface area contributed by atoms with Gasteiger partial charge in [-0.3, -0.25) is 4.79 Å². The van der Waals surface area contributed by atoms with Crippen molar-refractivity contribution in [3.8, 4) is 5.75 Å². The Kier molecular flexibility index (Phi) is 4.19. The number of hydrogen-bond acceptors (Lipinski definition) is 3. The monoisotopic (exact) mass is 357 g/mol. The van der Waals surface area contributed by atoms with Gasteiger partial charge >= 0.3 is 0 Å².